The molecule has 0 saturated carbocycles. The lowest BCUT2D eigenvalue weighted by Gasteiger charge is -2.24. The van der Waals surface area contributed by atoms with Crippen molar-refractivity contribution >= 4 is 16.7 Å². The number of aliphatic hydroxyl groups is 1. The van der Waals surface area contributed by atoms with Gasteiger partial charge in [-0.25, -0.2) is 0 Å². The van der Waals surface area contributed by atoms with Crippen LogP contribution in [0.3, 0.4) is 0 Å². The van der Waals surface area contributed by atoms with E-state index in [0.717, 1.165) is 16.3 Å². The Bertz CT molecular complexity index is 655. The summed E-state index contributed by atoms with van der Waals surface area (Å²) in [5.74, 6) is -0.583. The molecule has 2 rings (SSSR count). The molecular weight excluding hydrogens is 278 g/mol. The third-order valence-electron chi connectivity index (χ3n) is 3.40. The minimum atomic E-state index is -1.06. The maximum Gasteiger partial charge on any atom is 0.326 e. The molecule has 0 heterocycles. The Morgan fingerprint density at radius 3 is 2.50 bits per heavy atom. The topological polar surface area (TPSA) is 72.5 Å². The fraction of sp³-hybridized carbons (Fsp3) is 0.389. The number of esters is 1. The first kappa shape index (κ1) is 16.5. The highest BCUT2D eigenvalue weighted by Gasteiger charge is 2.28. The Morgan fingerprint density at radius 1 is 1.18 bits per heavy atom. The molecule has 0 bridgehead atoms. The van der Waals surface area contributed by atoms with Gasteiger partial charge in [0.1, 0.15) is 11.6 Å². The molecule has 0 radical (unpaired) electrons. The second-order valence-corrected chi connectivity index (χ2v) is 6.47. The zero-order valence-corrected chi connectivity index (χ0v) is 13.2. The van der Waals surface area contributed by atoms with Gasteiger partial charge in [0.25, 0.3) is 0 Å². The standard InChI is InChI=1S/C18H23NO3/c1-18(2,3)22-17(21)16(19)15(20)11-13-9-6-8-12-7-4-5-10-14(12)13/h4-10,15-16,20H,11,19H2,1-3H3. The molecule has 0 fully saturated rings. The predicted molar refractivity (Wildman–Crippen MR) is 87.5 cm³/mol. The van der Waals surface area contributed by atoms with E-state index in [1.165, 1.54) is 0 Å². The first-order valence-corrected chi connectivity index (χ1v) is 7.41. The molecule has 2 unspecified atom stereocenters. The smallest absolute Gasteiger partial charge is 0.326 e. The van der Waals surface area contributed by atoms with Gasteiger partial charge in [-0.3, -0.25) is 4.79 Å². The zero-order chi connectivity index (χ0) is 16.3. The molecule has 118 valence electrons. The van der Waals surface area contributed by atoms with Crippen molar-refractivity contribution in [2.75, 3.05) is 0 Å². The average molecular weight is 301 g/mol. The number of ether oxygens (including phenoxy) is 1. The summed E-state index contributed by atoms with van der Waals surface area (Å²) in [5, 5.41) is 12.4. The lowest BCUT2D eigenvalue weighted by molar-refractivity contribution is -0.159. The lowest BCUT2D eigenvalue weighted by atomic mass is 9.97. The quantitative estimate of drug-likeness (QED) is 0.851. The fourth-order valence-corrected chi connectivity index (χ4v) is 2.35. The molecule has 4 nitrogen and oxygen atoms in total. The van der Waals surface area contributed by atoms with Crippen molar-refractivity contribution in [3.63, 3.8) is 0 Å². The van der Waals surface area contributed by atoms with Gasteiger partial charge in [0.2, 0.25) is 0 Å². The summed E-state index contributed by atoms with van der Waals surface area (Å²) >= 11 is 0. The van der Waals surface area contributed by atoms with Crippen molar-refractivity contribution in [3.05, 3.63) is 48.0 Å². The normalized spacial score (nSPS) is 14.6. The average Bonchev–Trinajstić information content (AvgIpc) is 2.45. The van der Waals surface area contributed by atoms with Gasteiger partial charge in [-0.15, -0.1) is 0 Å². The van der Waals surface area contributed by atoms with Crippen molar-refractivity contribution < 1.29 is 14.6 Å². The maximum absolute atomic E-state index is 11.9. The first-order chi connectivity index (χ1) is 10.3. The summed E-state index contributed by atoms with van der Waals surface area (Å²) in [7, 11) is 0. The third-order valence-corrected chi connectivity index (χ3v) is 3.40. The van der Waals surface area contributed by atoms with E-state index in [9.17, 15) is 9.90 Å². The summed E-state index contributed by atoms with van der Waals surface area (Å²) in [4.78, 5) is 11.9. The van der Waals surface area contributed by atoms with Crippen LogP contribution in [0.1, 0.15) is 26.3 Å². The summed E-state index contributed by atoms with van der Waals surface area (Å²) in [6.07, 6.45) is -0.678. The second kappa shape index (κ2) is 6.46. The van der Waals surface area contributed by atoms with E-state index in [-0.39, 0.29) is 0 Å². The Hall–Kier alpha value is -1.91. The number of carbonyl (C=O) groups is 1. The molecule has 0 aliphatic heterocycles. The van der Waals surface area contributed by atoms with Crippen LogP contribution in [-0.4, -0.2) is 28.8 Å². The number of nitrogens with two attached hydrogens (primary N) is 1. The van der Waals surface area contributed by atoms with Crippen LogP contribution in [0.25, 0.3) is 10.8 Å². The largest absolute Gasteiger partial charge is 0.459 e. The molecule has 0 spiro atoms. The van der Waals surface area contributed by atoms with Crippen LogP contribution in [0.15, 0.2) is 42.5 Å². The fourth-order valence-electron chi connectivity index (χ4n) is 2.35. The van der Waals surface area contributed by atoms with E-state index in [1.807, 2.05) is 42.5 Å². The van der Waals surface area contributed by atoms with E-state index < -0.39 is 23.7 Å². The molecule has 0 saturated heterocycles. The number of carbonyl (C=O) groups excluding carboxylic acids is 1. The van der Waals surface area contributed by atoms with Crippen molar-refractivity contribution in [1.29, 1.82) is 0 Å². The Labute approximate surface area is 130 Å². The van der Waals surface area contributed by atoms with Crippen molar-refractivity contribution in [1.82, 2.24) is 0 Å². The Balaban J connectivity index is 2.13. The van der Waals surface area contributed by atoms with Gasteiger partial charge in [-0.05, 0) is 37.1 Å². The van der Waals surface area contributed by atoms with Gasteiger partial charge in [0.05, 0.1) is 6.10 Å². The Kier molecular flexibility index (Phi) is 4.84. The molecule has 2 atom stereocenters. The van der Waals surface area contributed by atoms with Gasteiger partial charge in [0.15, 0.2) is 0 Å². The highest BCUT2D eigenvalue weighted by molar-refractivity contribution is 5.85. The maximum atomic E-state index is 11.9. The van der Waals surface area contributed by atoms with Crippen LogP contribution in [0.5, 0.6) is 0 Å². The number of aliphatic hydroxyl groups excluding tert-OH is 1. The van der Waals surface area contributed by atoms with Crippen LogP contribution in [-0.2, 0) is 16.0 Å². The SMILES string of the molecule is CC(C)(C)OC(=O)C(N)C(O)Cc1cccc2ccccc12. The summed E-state index contributed by atoms with van der Waals surface area (Å²) in [6.45, 7) is 5.32. The Morgan fingerprint density at radius 2 is 1.82 bits per heavy atom. The molecule has 22 heavy (non-hydrogen) atoms. The zero-order valence-electron chi connectivity index (χ0n) is 13.2. The molecule has 4 heteroatoms. The van der Waals surface area contributed by atoms with Crippen molar-refractivity contribution in [3.8, 4) is 0 Å². The molecule has 2 aromatic rings. The van der Waals surface area contributed by atoms with Gasteiger partial charge in [0, 0.05) is 6.42 Å². The van der Waals surface area contributed by atoms with Gasteiger partial charge >= 0.3 is 5.97 Å². The van der Waals surface area contributed by atoms with Crippen LogP contribution in [0.2, 0.25) is 0 Å². The van der Waals surface area contributed by atoms with E-state index >= 15 is 0 Å². The number of hydrogen-bond acceptors (Lipinski definition) is 4. The molecule has 0 aliphatic rings. The van der Waals surface area contributed by atoms with E-state index in [2.05, 4.69) is 0 Å². The minimum Gasteiger partial charge on any atom is -0.459 e. The monoisotopic (exact) mass is 301 g/mol. The summed E-state index contributed by atoms with van der Waals surface area (Å²) < 4.78 is 5.22. The minimum absolute atomic E-state index is 0.307. The molecule has 0 aromatic heterocycles. The number of rotatable bonds is 4. The number of fused-ring (bicyclic) bond motifs is 1. The molecule has 2 aromatic carbocycles. The summed E-state index contributed by atoms with van der Waals surface area (Å²) in [6, 6.07) is 12.8. The predicted octanol–water partition coefficient (Wildman–Crippen LogP) is 2.41. The third kappa shape index (κ3) is 4.06. The van der Waals surface area contributed by atoms with Crippen LogP contribution < -0.4 is 5.73 Å². The van der Waals surface area contributed by atoms with E-state index in [4.69, 9.17) is 10.5 Å². The molecule has 0 aliphatic carbocycles. The van der Waals surface area contributed by atoms with E-state index in [1.54, 1.807) is 20.8 Å². The first-order valence-electron chi connectivity index (χ1n) is 7.41. The molecule has 3 N–H and O–H groups in total. The highest BCUT2D eigenvalue weighted by Crippen LogP contribution is 2.20. The highest BCUT2D eigenvalue weighted by atomic mass is 16.6. The second-order valence-electron chi connectivity index (χ2n) is 6.47. The van der Waals surface area contributed by atoms with Gasteiger partial charge in [-0.1, -0.05) is 42.5 Å². The van der Waals surface area contributed by atoms with Crippen molar-refractivity contribution in [2.45, 2.75) is 44.9 Å². The molecular formula is C18H23NO3. The lowest BCUT2D eigenvalue weighted by Crippen LogP contribution is -2.46. The van der Waals surface area contributed by atoms with Crippen LogP contribution in [0, 0.1) is 0 Å². The van der Waals surface area contributed by atoms with Gasteiger partial charge in [-0.2, -0.15) is 0 Å². The molecule has 0 amide bonds. The van der Waals surface area contributed by atoms with Crippen LogP contribution >= 0.6 is 0 Å². The summed E-state index contributed by atoms with van der Waals surface area (Å²) in [5.41, 5.74) is 6.18. The van der Waals surface area contributed by atoms with Crippen molar-refractivity contribution in [2.24, 2.45) is 5.73 Å². The number of benzene rings is 2. The van der Waals surface area contributed by atoms with Crippen LogP contribution in [0.4, 0.5) is 0 Å². The van der Waals surface area contributed by atoms with Gasteiger partial charge < -0.3 is 15.6 Å². The van der Waals surface area contributed by atoms with E-state index in [0.29, 0.717) is 6.42 Å². The number of hydrogen-bond donors (Lipinski definition) is 2.